The van der Waals surface area contributed by atoms with Crippen LogP contribution < -0.4 is 15.4 Å². The predicted molar refractivity (Wildman–Crippen MR) is 121 cm³/mol. The molecular formula is C22H25N5O4S. The number of benzene rings is 2. The van der Waals surface area contributed by atoms with E-state index in [4.69, 9.17) is 9.47 Å². The summed E-state index contributed by atoms with van der Waals surface area (Å²) in [5.74, 6) is 0.944. The van der Waals surface area contributed by atoms with Gasteiger partial charge in [-0.05, 0) is 11.6 Å². The average Bonchev–Trinajstić information content (AvgIpc) is 3.22. The smallest absolute Gasteiger partial charge is 0.321 e. The molecule has 0 spiro atoms. The van der Waals surface area contributed by atoms with Gasteiger partial charge in [-0.15, -0.1) is 10.2 Å². The molecule has 0 aliphatic rings. The van der Waals surface area contributed by atoms with E-state index in [-0.39, 0.29) is 12.4 Å². The van der Waals surface area contributed by atoms with Crippen LogP contribution in [0.2, 0.25) is 0 Å². The molecule has 168 valence electrons. The highest BCUT2D eigenvalue weighted by Gasteiger charge is 2.16. The maximum absolute atomic E-state index is 11.9. The number of hydrogen-bond donors (Lipinski definition) is 2. The number of thioether (sulfide) groups is 1. The first-order valence-corrected chi connectivity index (χ1v) is 10.9. The fourth-order valence-electron chi connectivity index (χ4n) is 2.89. The minimum atomic E-state index is -0.553. The van der Waals surface area contributed by atoms with Gasteiger partial charge in [0.25, 0.3) is 0 Å². The number of carbonyl (C=O) groups is 2. The van der Waals surface area contributed by atoms with Crippen molar-refractivity contribution >= 4 is 23.7 Å². The molecule has 32 heavy (non-hydrogen) atoms. The van der Waals surface area contributed by atoms with Crippen LogP contribution in [0.1, 0.15) is 5.82 Å². The number of amides is 3. The lowest BCUT2D eigenvalue weighted by molar-refractivity contribution is -0.117. The Hall–Kier alpha value is -3.37. The largest absolute Gasteiger partial charge is 0.485 e. The fourth-order valence-corrected chi connectivity index (χ4v) is 3.67. The van der Waals surface area contributed by atoms with Crippen molar-refractivity contribution in [2.24, 2.45) is 0 Å². The summed E-state index contributed by atoms with van der Waals surface area (Å²) in [5, 5.41) is 13.5. The first-order valence-electron chi connectivity index (χ1n) is 9.95. The van der Waals surface area contributed by atoms with E-state index < -0.39 is 11.9 Å². The van der Waals surface area contributed by atoms with Crippen LogP contribution in [0.25, 0.3) is 11.1 Å². The summed E-state index contributed by atoms with van der Waals surface area (Å²) < 4.78 is 13.2. The molecule has 0 bridgehead atoms. The first-order chi connectivity index (χ1) is 15.6. The van der Waals surface area contributed by atoms with Gasteiger partial charge in [0.2, 0.25) is 5.91 Å². The molecule has 1 heterocycles. The van der Waals surface area contributed by atoms with Gasteiger partial charge in [-0.3, -0.25) is 10.1 Å². The minimum absolute atomic E-state index is 0.0240. The maximum atomic E-state index is 11.9. The van der Waals surface area contributed by atoms with Crippen molar-refractivity contribution in [3.63, 3.8) is 0 Å². The molecule has 1 aromatic heterocycles. The number of nitrogens with one attached hydrogen (secondary N) is 2. The number of methoxy groups -OCH3 is 1. The first kappa shape index (κ1) is 23.3. The molecule has 0 aliphatic heterocycles. The van der Waals surface area contributed by atoms with Gasteiger partial charge in [0.15, 0.2) is 11.0 Å². The number of para-hydroxylation sites is 1. The summed E-state index contributed by atoms with van der Waals surface area (Å²) in [6.45, 7) is 1.15. The highest BCUT2D eigenvalue weighted by Crippen LogP contribution is 2.30. The number of nitrogens with zero attached hydrogens (tertiary/aromatic N) is 3. The number of urea groups is 1. The van der Waals surface area contributed by atoms with Crippen molar-refractivity contribution < 1.29 is 19.1 Å². The number of imide groups is 1. The van der Waals surface area contributed by atoms with E-state index in [1.807, 2.05) is 59.2 Å². The summed E-state index contributed by atoms with van der Waals surface area (Å²) in [6.07, 6.45) is 0. The van der Waals surface area contributed by atoms with Gasteiger partial charge in [-0.1, -0.05) is 60.3 Å². The lowest BCUT2D eigenvalue weighted by atomic mass is 10.1. The van der Waals surface area contributed by atoms with Crippen molar-refractivity contribution in [3.05, 3.63) is 60.4 Å². The number of aromatic nitrogens is 3. The minimum Gasteiger partial charge on any atom is -0.485 e. The second-order valence-corrected chi connectivity index (χ2v) is 7.55. The Morgan fingerprint density at radius 3 is 2.56 bits per heavy atom. The number of carbonyl (C=O) groups excluding carboxylic acids is 2. The molecule has 0 saturated carbocycles. The third-order valence-corrected chi connectivity index (χ3v) is 5.42. The van der Waals surface area contributed by atoms with Gasteiger partial charge in [-0.25, -0.2) is 4.79 Å². The molecule has 0 atom stereocenters. The summed E-state index contributed by atoms with van der Waals surface area (Å²) in [5.41, 5.74) is 2.04. The van der Waals surface area contributed by atoms with Gasteiger partial charge in [0.05, 0.1) is 12.4 Å². The number of rotatable bonds is 10. The maximum Gasteiger partial charge on any atom is 0.321 e. The molecule has 0 aliphatic carbocycles. The van der Waals surface area contributed by atoms with Crippen LogP contribution >= 0.6 is 11.8 Å². The average molecular weight is 456 g/mol. The lowest BCUT2D eigenvalue weighted by Gasteiger charge is -2.13. The Labute approximate surface area is 190 Å². The van der Waals surface area contributed by atoms with E-state index in [2.05, 4.69) is 20.8 Å². The van der Waals surface area contributed by atoms with Crippen LogP contribution in [0.15, 0.2) is 59.8 Å². The van der Waals surface area contributed by atoms with Gasteiger partial charge in [0.1, 0.15) is 12.4 Å². The summed E-state index contributed by atoms with van der Waals surface area (Å²) in [4.78, 5) is 23.2. The molecule has 10 heteroatoms. The second kappa shape index (κ2) is 11.9. The van der Waals surface area contributed by atoms with Crippen LogP contribution in [0.5, 0.6) is 5.75 Å². The van der Waals surface area contributed by atoms with Gasteiger partial charge in [-0.2, -0.15) is 0 Å². The van der Waals surface area contributed by atoms with Crippen LogP contribution in [-0.2, 0) is 22.7 Å². The van der Waals surface area contributed by atoms with Gasteiger partial charge >= 0.3 is 6.03 Å². The van der Waals surface area contributed by atoms with E-state index in [0.29, 0.717) is 24.1 Å². The molecular weight excluding hydrogens is 430 g/mol. The summed E-state index contributed by atoms with van der Waals surface area (Å²) >= 11 is 1.19. The monoisotopic (exact) mass is 455 g/mol. The molecule has 3 amide bonds. The van der Waals surface area contributed by atoms with Crippen molar-refractivity contribution in [3.8, 4) is 16.9 Å². The quantitative estimate of drug-likeness (QED) is 0.453. The molecule has 3 aromatic rings. The molecule has 2 aromatic carbocycles. The normalized spacial score (nSPS) is 10.6. The molecule has 9 nitrogen and oxygen atoms in total. The van der Waals surface area contributed by atoms with Crippen LogP contribution in [0.4, 0.5) is 4.79 Å². The molecule has 0 radical (unpaired) electrons. The van der Waals surface area contributed by atoms with Crippen molar-refractivity contribution in [1.82, 2.24) is 25.4 Å². The van der Waals surface area contributed by atoms with Crippen molar-refractivity contribution in [2.75, 3.05) is 26.5 Å². The molecule has 0 saturated heterocycles. The Morgan fingerprint density at radius 1 is 1.06 bits per heavy atom. The van der Waals surface area contributed by atoms with Gasteiger partial charge in [0, 0.05) is 26.3 Å². The number of hydrogen-bond acceptors (Lipinski definition) is 7. The third-order valence-electron chi connectivity index (χ3n) is 4.45. The van der Waals surface area contributed by atoms with Crippen LogP contribution in [0, 0.1) is 0 Å². The second-order valence-electron chi connectivity index (χ2n) is 6.61. The highest BCUT2D eigenvalue weighted by molar-refractivity contribution is 7.99. The zero-order chi connectivity index (χ0) is 22.8. The fraction of sp³-hybridized carbons (Fsp3) is 0.273. The molecule has 2 N–H and O–H groups in total. The molecule has 0 fully saturated rings. The summed E-state index contributed by atoms with van der Waals surface area (Å²) in [7, 11) is 3.06. The number of ether oxygens (including phenoxy) is 2. The zero-order valence-corrected chi connectivity index (χ0v) is 18.7. The predicted octanol–water partition coefficient (Wildman–Crippen LogP) is 2.72. The Morgan fingerprint density at radius 2 is 1.81 bits per heavy atom. The standard InChI is InChI=1S/C22H25N5O4S/c1-23-21(29)24-20(28)15-32-22-26-25-19(27(22)12-13-30-2)14-31-18-11-7-6-10-17(18)16-8-4-3-5-9-16/h3-11H,12-15H2,1-2H3,(H2,23,24,28,29). The SMILES string of the molecule is CNC(=O)NC(=O)CSc1nnc(COc2ccccc2-c2ccccc2)n1CCOC. The van der Waals surface area contributed by atoms with E-state index in [1.54, 1.807) is 7.11 Å². The van der Waals surface area contributed by atoms with Crippen molar-refractivity contribution in [2.45, 2.75) is 18.3 Å². The Kier molecular flexibility index (Phi) is 8.64. The lowest BCUT2D eigenvalue weighted by Crippen LogP contribution is -2.38. The summed E-state index contributed by atoms with van der Waals surface area (Å²) in [6, 6.07) is 17.3. The van der Waals surface area contributed by atoms with Crippen LogP contribution in [0.3, 0.4) is 0 Å². The highest BCUT2D eigenvalue weighted by atomic mass is 32.2. The molecule has 3 rings (SSSR count). The third kappa shape index (κ3) is 6.32. The Balaban J connectivity index is 1.72. The molecule has 0 unspecified atom stereocenters. The van der Waals surface area contributed by atoms with E-state index in [1.165, 1.54) is 18.8 Å². The van der Waals surface area contributed by atoms with Crippen LogP contribution in [-0.4, -0.2) is 53.2 Å². The van der Waals surface area contributed by atoms with E-state index in [0.717, 1.165) is 16.9 Å². The van der Waals surface area contributed by atoms with E-state index in [9.17, 15) is 9.59 Å². The van der Waals surface area contributed by atoms with E-state index >= 15 is 0 Å². The zero-order valence-electron chi connectivity index (χ0n) is 17.9. The van der Waals surface area contributed by atoms with Crippen molar-refractivity contribution in [1.29, 1.82) is 0 Å². The Bertz CT molecular complexity index is 1040. The topological polar surface area (TPSA) is 107 Å². The van der Waals surface area contributed by atoms with Gasteiger partial charge < -0.3 is 19.4 Å².